The molecule has 1 aromatic rings. The lowest BCUT2D eigenvalue weighted by Gasteiger charge is -2.22. The molecule has 23 heavy (non-hydrogen) atoms. The normalized spacial score (nSPS) is 24.8. The van der Waals surface area contributed by atoms with E-state index in [1.54, 1.807) is 31.2 Å². The summed E-state index contributed by atoms with van der Waals surface area (Å²) in [6, 6.07) is 8.60. The lowest BCUT2D eigenvalue weighted by Crippen LogP contribution is -2.41. The number of carbonyl (C=O) groups excluding carboxylic acids is 2. The van der Waals surface area contributed by atoms with Crippen LogP contribution in [-0.2, 0) is 10.3 Å². The highest BCUT2D eigenvalue weighted by atomic mass is 16.2. The summed E-state index contributed by atoms with van der Waals surface area (Å²) in [5.41, 5.74) is 0.0491. The number of nitrogens with zero attached hydrogens (tertiary/aromatic N) is 2. The molecular weight excluding hydrogens is 290 g/mol. The van der Waals surface area contributed by atoms with Gasteiger partial charge in [0.2, 0.25) is 0 Å². The van der Waals surface area contributed by atoms with E-state index >= 15 is 0 Å². The van der Waals surface area contributed by atoms with Crippen molar-refractivity contribution in [3.63, 3.8) is 0 Å². The van der Waals surface area contributed by atoms with Crippen LogP contribution in [0.2, 0.25) is 0 Å². The summed E-state index contributed by atoms with van der Waals surface area (Å²) in [5.74, 6) is 0.403. The lowest BCUT2D eigenvalue weighted by molar-refractivity contribution is -0.131. The number of imide groups is 1. The number of nitrogens with one attached hydrogen (secondary N) is 1. The van der Waals surface area contributed by atoms with Crippen LogP contribution in [0.3, 0.4) is 0 Å². The van der Waals surface area contributed by atoms with E-state index < -0.39 is 5.54 Å². The van der Waals surface area contributed by atoms with Gasteiger partial charge in [0.05, 0.1) is 11.6 Å². The Morgan fingerprint density at radius 2 is 2.09 bits per heavy atom. The standard InChI is InChI=1S/C18H21N3O2/c1-18(15-8-4-7-14(11-15)12-19)16(22)21(17(23)20-18)10-9-13-5-2-3-6-13/h4,7-8,11,13H,2-3,5-6,9-10H2,1H3,(H,20,23). The van der Waals surface area contributed by atoms with E-state index in [0.29, 0.717) is 23.6 Å². The molecule has 1 saturated carbocycles. The van der Waals surface area contributed by atoms with Crippen molar-refractivity contribution in [2.75, 3.05) is 6.54 Å². The number of urea groups is 1. The number of carbonyl (C=O) groups is 2. The summed E-state index contributed by atoms with van der Waals surface area (Å²) in [7, 11) is 0. The second-order valence-electron chi connectivity index (χ2n) is 6.64. The smallest absolute Gasteiger partial charge is 0.319 e. The molecule has 1 atom stereocenters. The molecule has 1 aromatic carbocycles. The first-order valence-corrected chi connectivity index (χ1v) is 8.19. The molecule has 3 amide bonds. The second kappa shape index (κ2) is 6.04. The molecule has 0 aromatic heterocycles. The Morgan fingerprint density at radius 1 is 1.35 bits per heavy atom. The Morgan fingerprint density at radius 3 is 2.78 bits per heavy atom. The van der Waals surface area contributed by atoms with Gasteiger partial charge in [-0.1, -0.05) is 37.8 Å². The van der Waals surface area contributed by atoms with E-state index in [2.05, 4.69) is 11.4 Å². The van der Waals surface area contributed by atoms with Gasteiger partial charge in [-0.05, 0) is 37.0 Å². The minimum atomic E-state index is -1.08. The van der Waals surface area contributed by atoms with Crippen LogP contribution in [-0.4, -0.2) is 23.4 Å². The summed E-state index contributed by atoms with van der Waals surface area (Å²) in [4.78, 5) is 26.4. The van der Waals surface area contributed by atoms with Crippen molar-refractivity contribution in [2.45, 2.75) is 44.6 Å². The highest BCUT2D eigenvalue weighted by molar-refractivity contribution is 6.07. The van der Waals surface area contributed by atoms with Gasteiger partial charge in [0.15, 0.2) is 0 Å². The van der Waals surface area contributed by atoms with Gasteiger partial charge in [0, 0.05) is 6.54 Å². The summed E-state index contributed by atoms with van der Waals surface area (Å²) in [5, 5.41) is 11.8. The summed E-state index contributed by atoms with van der Waals surface area (Å²) < 4.78 is 0. The maximum Gasteiger partial charge on any atom is 0.325 e. The molecule has 3 rings (SSSR count). The Kier molecular flexibility index (Phi) is 4.08. The van der Waals surface area contributed by atoms with Crippen LogP contribution in [0.25, 0.3) is 0 Å². The minimum Gasteiger partial charge on any atom is -0.319 e. The van der Waals surface area contributed by atoms with Gasteiger partial charge in [-0.15, -0.1) is 0 Å². The van der Waals surface area contributed by atoms with Crippen molar-refractivity contribution in [3.8, 4) is 6.07 Å². The number of hydrogen-bond donors (Lipinski definition) is 1. The van der Waals surface area contributed by atoms with Gasteiger partial charge in [0.25, 0.3) is 5.91 Å². The topological polar surface area (TPSA) is 73.2 Å². The molecule has 0 spiro atoms. The largest absolute Gasteiger partial charge is 0.325 e. The lowest BCUT2D eigenvalue weighted by atomic mass is 9.91. The number of rotatable bonds is 4. The zero-order valence-electron chi connectivity index (χ0n) is 13.3. The molecule has 1 heterocycles. The second-order valence-corrected chi connectivity index (χ2v) is 6.64. The molecular formula is C18H21N3O2. The van der Waals surface area contributed by atoms with Crippen molar-refractivity contribution in [1.29, 1.82) is 5.26 Å². The van der Waals surface area contributed by atoms with Crippen LogP contribution >= 0.6 is 0 Å². The van der Waals surface area contributed by atoms with Crippen molar-refractivity contribution < 1.29 is 9.59 Å². The summed E-state index contributed by atoms with van der Waals surface area (Å²) in [6.45, 7) is 2.18. The summed E-state index contributed by atoms with van der Waals surface area (Å²) in [6.07, 6.45) is 5.79. The fraction of sp³-hybridized carbons (Fsp3) is 0.500. The van der Waals surface area contributed by atoms with Crippen LogP contribution in [0.4, 0.5) is 4.79 Å². The van der Waals surface area contributed by atoms with Crippen molar-refractivity contribution in [3.05, 3.63) is 35.4 Å². The fourth-order valence-corrected chi connectivity index (χ4v) is 3.61. The molecule has 1 aliphatic carbocycles. The third-order valence-electron chi connectivity index (χ3n) is 5.08. The van der Waals surface area contributed by atoms with E-state index in [1.165, 1.54) is 30.6 Å². The number of benzene rings is 1. The molecule has 1 unspecified atom stereocenters. The van der Waals surface area contributed by atoms with E-state index in [9.17, 15) is 9.59 Å². The van der Waals surface area contributed by atoms with Gasteiger partial charge in [-0.25, -0.2) is 4.79 Å². The zero-order valence-corrected chi connectivity index (χ0v) is 13.3. The summed E-state index contributed by atoms with van der Waals surface area (Å²) >= 11 is 0. The quantitative estimate of drug-likeness (QED) is 0.869. The number of hydrogen-bond acceptors (Lipinski definition) is 3. The molecule has 120 valence electrons. The first-order chi connectivity index (χ1) is 11.0. The predicted molar refractivity (Wildman–Crippen MR) is 85.3 cm³/mol. The van der Waals surface area contributed by atoms with Gasteiger partial charge in [0.1, 0.15) is 5.54 Å². The molecule has 5 nitrogen and oxygen atoms in total. The third-order valence-corrected chi connectivity index (χ3v) is 5.08. The van der Waals surface area contributed by atoms with Crippen LogP contribution in [0.5, 0.6) is 0 Å². The molecule has 2 aliphatic rings. The predicted octanol–water partition coefficient (Wildman–Crippen LogP) is 2.91. The molecule has 1 aliphatic heterocycles. The van der Waals surface area contributed by atoms with E-state index in [0.717, 1.165) is 6.42 Å². The first kappa shape index (κ1) is 15.5. The van der Waals surface area contributed by atoms with Gasteiger partial charge in [-0.2, -0.15) is 5.26 Å². The Bertz CT molecular complexity index is 673. The molecule has 5 heteroatoms. The minimum absolute atomic E-state index is 0.226. The van der Waals surface area contributed by atoms with Crippen molar-refractivity contribution in [2.24, 2.45) is 5.92 Å². The molecule has 1 saturated heterocycles. The first-order valence-electron chi connectivity index (χ1n) is 8.19. The molecule has 2 fully saturated rings. The van der Waals surface area contributed by atoms with Crippen molar-refractivity contribution >= 4 is 11.9 Å². The molecule has 1 N–H and O–H groups in total. The maximum absolute atomic E-state index is 12.8. The van der Waals surface area contributed by atoms with E-state index in [-0.39, 0.29) is 11.9 Å². The average Bonchev–Trinajstić information content (AvgIpc) is 3.14. The average molecular weight is 311 g/mol. The third kappa shape index (κ3) is 2.81. The SMILES string of the molecule is CC1(c2cccc(C#N)c2)NC(=O)N(CCC2CCCC2)C1=O. The Balaban J connectivity index is 1.77. The maximum atomic E-state index is 12.8. The monoisotopic (exact) mass is 311 g/mol. The van der Waals surface area contributed by atoms with Gasteiger partial charge >= 0.3 is 6.03 Å². The van der Waals surface area contributed by atoms with Crippen LogP contribution in [0.1, 0.15) is 50.2 Å². The fourth-order valence-electron chi connectivity index (χ4n) is 3.61. The Hall–Kier alpha value is -2.35. The highest BCUT2D eigenvalue weighted by Crippen LogP contribution is 2.32. The zero-order chi connectivity index (χ0) is 16.4. The Labute approximate surface area is 136 Å². The van der Waals surface area contributed by atoms with Crippen molar-refractivity contribution in [1.82, 2.24) is 10.2 Å². The van der Waals surface area contributed by atoms with Gasteiger partial charge in [-0.3, -0.25) is 9.69 Å². The van der Waals surface area contributed by atoms with Crippen LogP contribution in [0.15, 0.2) is 24.3 Å². The highest BCUT2D eigenvalue weighted by Gasteiger charge is 2.48. The van der Waals surface area contributed by atoms with E-state index in [4.69, 9.17) is 5.26 Å². The van der Waals surface area contributed by atoms with E-state index in [1.807, 2.05) is 0 Å². The van der Waals surface area contributed by atoms with Crippen LogP contribution < -0.4 is 5.32 Å². The number of nitriles is 1. The van der Waals surface area contributed by atoms with Gasteiger partial charge < -0.3 is 5.32 Å². The molecule has 0 bridgehead atoms. The van der Waals surface area contributed by atoms with Crippen LogP contribution in [0, 0.1) is 17.2 Å². The molecule has 0 radical (unpaired) electrons. The number of amides is 3.